The number of nitrogens with zero attached hydrogens (tertiary/aromatic N) is 1. The minimum absolute atomic E-state index is 0.138. The Hall–Kier alpha value is -1.48. The predicted molar refractivity (Wildman–Crippen MR) is 96.1 cm³/mol. The fraction of sp³-hybridized carbons (Fsp3) is 0.588. The van der Waals surface area contributed by atoms with Crippen molar-refractivity contribution < 1.29 is 17.9 Å². The van der Waals surface area contributed by atoms with Gasteiger partial charge in [-0.3, -0.25) is 4.79 Å². The number of ether oxygens (including phenoxy) is 1. The van der Waals surface area contributed by atoms with Gasteiger partial charge in [0.25, 0.3) is 5.91 Å². The van der Waals surface area contributed by atoms with E-state index in [1.54, 1.807) is 12.1 Å². The van der Waals surface area contributed by atoms with Crippen LogP contribution in [-0.4, -0.2) is 64.1 Å². The molecule has 2 N–H and O–H groups in total. The zero-order valence-electron chi connectivity index (χ0n) is 15.0. The van der Waals surface area contributed by atoms with Crippen LogP contribution in [-0.2, 0) is 14.8 Å². The van der Waals surface area contributed by atoms with Crippen molar-refractivity contribution in [2.24, 2.45) is 0 Å². The van der Waals surface area contributed by atoms with Crippen LogP contribution in [0.5, 0.6) is 0 Å². The van der Waals surface area contributed by atoms with Gasteiger partial charge in [0.05, 0.1) is 17.1 Å². The van der Waals surface area contributed by atoms with Crippen molar-refractivity contribution in [3.8, 4) is 0 Å². The lowest BCUT2D eigenvalue weighted by atomic mass is 10.2. The van der Waals surface area contributed by atoms with Gasteiger partial charge in [-0.25, -0.2) is 8.42 Å². The molecule has 0 bridgehead atoms. The number of carbonyl (C=O) groups is 1. The van der Waals surface area contributed by atoms with Crippen LogP contribution >= 0.6 is 0 Å². The van der Waals surface area contributed by atoms with Gasteiger partial charge < -0.3 is 15.4 Å². The van der Waals surface area contributed by atoms with Crippen molar-refractivity contribution in [1.29, 1.82) is 0 Å². The highest BCUT2D eigenvalue weighted by Crippen LogP contribution is 2.21. The van der Waals surface area contributed by atoms with Gasteiger partial charge in [0, 0.05) is 25.2 Å². The number of hydrogen-bond acceptors (Lipinski definition) is 5. The second-order valence-electron chi connectivity index (χ2n) is 6.32. The van der Waals surface area contributed by atoms with Crippen molar-refractivity contribution in [3.05, 3.63) is 29.8 Å². The Morgan fingerprint density at radius 3 is 2.32 bits per heavy atom. The molecule has 1 aliphatic rings. The predicted octanol–water partition coefficient (Wildman–Crippen LogP) is 0.824. The summed E-state index contributed by atoms with van der Waals surface area (Å²) in [4.78, 5) is 12.2. The standard InChI is InChI=1S/C17H27N3O4S/c1-13-11-20(12-14(2)24-13)25(22,23)16-7-5-15(6-8-16)17(21)19-10-4-9-18-3/h5-8,13-14,18H,4,9-12H2,1-3H3,(H,19,21). The molecule has 1 amide bonds. The fourth-order valence-electron chi connectivity index (χ4n) is 2.82. The zero-order valence-corrected chi connectivity index (χ0v) is 15.8. The van der Waals surface area contributed by atoms with Crippen LogP contribution in [0.1, 0.15) is 30.6 Å². The normalized spacial score (nSPS) is 21.9. The summed E-state index contributed by atoms with van der Waals surface area (Å²) in [5.41, 5.74) is 0.451. The third-order valence-electron chi connectivity index (χ3n) is 4.03. The largest absolute Gasteiger partial charge is 0.373 e. The molecule has 1 heterocycles. The zero-order chi connectivity index (χ0) is 18.4. The second kappa shape index (κ2) is 8.75. The number of nitrogens with one attached hydrogen (secondary N) is 2. The van der Waals surface area contributed by atoms with E-state index in [-0.39, 0.29) is 23.0 Å². The van der Waals surface area contributed by atoms with Crippen molar-refractivity contribution in [2.75, 3.05) is 33.2 Å². The lowest BCUT2D eigenvalue weighted by Gasteiger charge is -2.34. The number of benzene rings is 1. The molecule has 0 saturated carbocycles. The highest BCUT2D eigenvalue weighted by atomic mass is 32.2. The molecular formula is C17H27N3O4S. The molecule has 1 fully saturated rings. The van der Waals surface area contributed by atoms with E-state index < -0.39 is 10.0 Å². The maximum absolute atomic E-state index is 12.8. The van der Waals surface area contributed by atoms with E-state index in [4.69, 9.17) is 4.74 Å². The maximum atomic E-state index is 12.8. The average Bonchev–Trinajstić information content (AvgIpc) is 2.58. The highest BCUT2D eigenvalue weighted by Gasteiger charge is 2.32. The molecule has 1 aromatic carbocycles. The molecular weight excluding hydrogens is 342 g/mol. The molecule has 0 radical (unpaired) electrons. The van der Waals surface area contributed by atoms with E-state index in [9.17, 15) is 13.2 Å². The first-order valence-corrected chi connectivity index (χ1v) is 9.97. The molecule has 2 rings (SSSR count). The monoisotopic (exact) mass is 369 g/mol. The van der Waals surface area contributed by atoms with Gasteiger partial charge in [0.1, 0.15) is 0 Å². The summed E-state index contributed by atoms with van der Waals surface area (Å²) < 4.78 is 32.6. The van der Waals surface area contributed by atoms with Crippen LogP contribution in [0.25, 0.3) is 0 Å². The smallest absolute Gasteiger partial charge is 0.251 e. The van der Waals surface area contributed by atoms with Crippen LogP contribution in [0.3, 0.4) is 0 Å². The first-order chi connectivity index (χ1) is 11.8. The van der Waals surface area contributed by atoms with Crippen LogP contribution in [0.4, 0.5) is 0 Å². The topological polar surface area (TPSA) is 87.7 Å². The van der Waals surface area contributed by atoms with Crippen molar-refractivity contribution in [3.63, 3.8) is 0 Å². The molecule has 7 nitrogen and oxygen atoms in total. The van der Waals surface area contributed by atoms with Crippen LogP contribution in [0, 0.1) is 0 Å². The molecule has 1 saturated heterocycles. The van der Waals surface area contributed by atoms with Gasteiger partial charge in [-0.1, -0.05) is 0 Å². The molecule has 1 aliphatic heterocycles. The van der Waals surface area contributed by atoms with Crippen molar-refractivity contribution >= 4 is 15.9 Å². The van der Waals surface area contributed by atoms with Gasteiger partial charge >= 0.3 is 0 Å². The summed E-state index contributed by atoms with van der Waals surface area (Å²) in [5.74, 6) is -0.200. The Labute approximate surface area is 149 Å². The molecule has 0 spiro atoms. The number of morpholine rings is 1. The Bertz CT molecular complexity index is 666. The van der Waals surface area contributed by atoms with E-state index in [0.29, 0.717) is 25.2 Å². The third-order valence-corrected chi connectivity index (χ3v) is 5.88. The second-order valence-corrected chi connectivity index (χ2v) is 8.25. The number of amides is 1. The lowest BCUT2D eigenvalue weighted by Crippen LogP contribution is -2.48. The molecule has 1 aromatic rings. The van der Waals surface area contributed by atoms with Crippen LogP contribution in [0.2, 0.25) is 0 Å². The molecule has 2 unspecified atom stereocenters. The van der Waals surface area contributed by atoms with Crippen LogP contribution in [0.15, 0.2) is 29.2 Å². The minimum Gasteiger partial charge on any atom is -0.373 e. The summed E-state index contributed by atoms with van der Waals surface area (Å²) in [6.07, 6.45) is 0.560. The number of carbonyl (C=O) groups excluding carboxylic acids is 1. The number of rotatable bonds is 7. The Morgan fingerprint density at radius 1 is 1.16 bits per heavy atom. The Kier molecular flexibility index (Phi) is 6.95. The van der Waals surface area contributed by atoms with Gasteiger partial charge in [-0.05, 0) is 58.1 Å². The van der Waals surface area contributed by atoms with Crippen molar-refractivity contribution in [1.82, 2.24) is 14.9 Å². The molecule has 0 aromatic heterocycles. The van der Waals surface area contributed by atoms with E-state index in [0.717, 1.165) is 13.0 Å². The van der Waals surface area contributed by atoms with E-state index in [1.807, 2.05) is 20.9 Å². The van der Waals surface area contributed by atoms with Gasteiger partial charge in [-0.15, -0.1) is 0 Å². The molecule has 8 heteroatoms. The van der Waals surface area contributed by atoms with Crippen molar-refractivity contribution in [2.45, 2.75) is 37.4 Å². The van der Waals surface area contributed by atoms with Crippen LogP contribution < -0.4 is 10.6 Å². The van der Waals surface area contributed by atoms with Gasteiger partial charge in [-0.2, -0.15) is 4.31 Å². The lowest BCUT2D eigenvalue weighted by molar-refractivity contribution is -0.0440. The van der Waals surface area contributed by atoms with Gasteiger partial charge in [0.2, 0.25) is 10.0 Å². The summed E-state index contributed by atoms with van der Waals surface area (Å²) in [6.45, 7) is 5.79. The number of hydrogen-bond donors (Lipinski definition) is 2. The Balaban J connectivity index is 2.04. The molecule has 2 atom stereocenters. The first kappa shape index (κ1) is 19.8. The summed E-state index contributed by atoms with van der Waals surface area (Å²) in [6, 6.07) is 6.08. The fourth-order valence-corrected chi connectivity index (χ4v) is 4.41. The number of sulfonamides is 1. The average molecular weight is 369 g/mol. The minimum atomic E-state index is -3.58. The maximum Gasteiger partial charge on any atom is 0.251 e. The Morgan fingerprint density at radius 2 is 1.76 bits per heavy atom. The molecule has 140 valence electrons. The summed E-state index contributed by atoms with van der Waals surface area (Å²) >= 11 is 0. The SMILES string of the molecule is CNCCCNC(=O)c1ccc(S(=O)(=O)N2CC(C)OC(C)C2)cc1. The first-order valence-electron chi connectivity index (χ1n) is 8.53. The summed E-state index contributed by atoms with van der Waals surface area (Å²) in [5, 5.41) is 5.82. The summed E-state index contributed by atoms with van der Waals surface area (Å²) in [7, 11) is -1.72. The molecule has 25 heavy (non-hydrogen) atoms. The highest BCUT2D eigenvalue weighted by molar-refractivity contribution is 7.89. The van der Waals surface area contributed by atoms with E-state index in [2.05, 4.69) is 10.6 Å². The quantitative estimate of drug-likeness (QED) is 0.695. The van der Waals surface area contributed by atoms with Gasteiger partial charge in [0.15, 0.2) is 0 Å². The molecule has 0 aliphatic carbocycles. The van der Waals surface area contributed by atoms with E-state index in [1.165, 1.54) is 16.4 Å². The third kappa shape index (κ3) is 5.24. The van der Waals surface area contributed by atoms with E-state index >= 15 is 0 Å².